The average Bonchev–Trinajstić information content (AvgIpc) is 2.27. The SMILES string of the molecule is COc1cc2c(cc1OC)CN(Br)CC2. The van der Waals surface area contributed by atoms with Gasteiger partial charge in [0.15, 0.2) is 11.5 Å². The van der Waals surface area contributed by atoms with E-state index in [-0.39, 0.29) is 0 Å². The van der Waals surface area contributed by atoms with Gasteiger partial charge in [-0.3, -0.25) is 0 Å². The van der Waals surface area contributed by atoms with Gasteiger partial charge in [0.2, 0.25) is 0 Å². The molecular formula is C11H14BrNO2. The molecule has 0 saturated heterocycles. The van der Waals surface area contributed by atoms with Crippen LogP contribution in [-0.2, 0) is 13.0 Å². The molecule has 0 bridgehead atoms. The molecule has 3 nitrogen and oxygen atoms in total. The summed E-state index contributed by atoms with van der Waals surface area (Å²) in [6.07, 6.45) is 1.04. The summed E-state index contributed by atoms with van der Waals surface area (Å²) < 4.78 is 12.7. The quantitative estimate of drug-likeness (QED) is 0.771. The maximum Gasteiger partial charge on any atom is 0.161 e. The standard InChI is InChI=1S/C11H14BrNO2/c1-14-10-5-8-3-4-13(12)7-9(8)6-11(10)15-2/h5-6H,3-4,7H2,1-2H3. The number of halogens is 1. The first-order valence-electron chi connectivity index (χ1n) is 4.89. The van der Waals surface area contributed by atoms with Gasteiger partial charge in [-0.25, -0.2) is 3.93 Å². The van der Waals surface area contributed by atoms with Crippen LogP contribution < -0.4 is 9.47 Å². The Hall–Kier alpha value is -0.740. The van der Waals surface area contributed by atoms with Gasteiger partial charge in [-0.05, 0) is 29.7 Å². The highest BCUT2D eigenvalue weighted by atomic mass is 79.9. The van der Waals surface area contributed by atoms with Crippen molar-refractivity contribution in [2.75, 3.05) is 20.8 Å². The van der Waals surface area contributed by atoms with E-state index < -0.39 is 0 Å². The normalized spacial score (nSPS) is 15.9. The van der Waals surface area contributed by atoms with Gasteiger partial charge in [0, 0.05) is 29.2 Å². The molecule has 1 heterocycles. The monoisotopic (exact) mass is 271 g/mol. The predicted octanol–water partition coefficient (Wildman–Crippen LogP) is 2.37. The minimum Gasteiger partial charge on any atom is -0.493 e. The molecule has 0 unspecified atom stereocenters. The lowest BCUT2D eigenvalue weighted by atomic mass is 10.0. The first kappa shape index (κ1) is 10.8. The second-order valence-corrected chi connectivity index (χ2v) is 4.57. The molecule has 0 fully saturated rings. The fourth-order valence-corrected chi connectivity index (χ4v) is 2.30. The van der Waals surface area contributed by atoms with Crippen molar-refractivity contribution in [2.24, 2.45) is 0 Å². The van der Waals surface area contributed by atoms with Crippen molar-refractivity contribution in [3.05, 3.63) is 23.3 Å². The van der Waals surface area contributed by atoms with Crippen LogP contribution in [-0.4, -0.2) is 24.7 Å². The number of nitrogens with zero attached hydrogens (tertiary/aromatic N) is 1. The molecule has 0 atom stereocenters. The number of rotatable bonds is 2. The largest absolute Gasteiger partial charge is 0.493 e. The molecule has 2 rings (SSSR count). The topological polar surface area (TPSA) is 21.7 Å². The zero-order valence-electron chi connectivity index (χ0n) is 8.92. The van der Waals surface area contributed by atoms with Crippen molar-refractivity contribution < 1.29 is 9.47 Å². The van der Waals surface area contributed by atoms with E-state index >= 15 is 0 Å². The van der Waals surface area contributed by atoms with Crippen LogP contribution in [0.5, 0.6) is 11.5 Å². The van der Waals surface area contributed by atoms with E-state index in [2.05, 4.69) is 32.2 Å². The van der Waals surface area contributed by atoms with Crippen molar-refractivity contribution >= 4 is 16.1 Å². The summed E-state index contributed by atoms with van der Waals surface area (Å²) in [4.78, 5) is 0. The summed E-state index contributed by atoms with van der Waals surface area (Å²) >= 11 is 3.50. The minimum atomic E-state index is 0.805. The van der Waals surface area contributed by atoms with Gasteiger partial charge in [-0.15, -0.1) is 0 Å². The second-order valence-electron chi connectivity index (χ2n) is 3.57. The van der Waals surface area contributed by atoms with Crippen molar-refractivity contribution in [2.45, 2.75) is 13.0 Å². The van der Waals surface area contributed by atoms with Crippen LogP contribution in [0.25, 0.3) is 0 Å². The lowest BCUT2D eigenvalue weighted by Gasteiger charge is -2.24. The molecule has 1 aliphatic heterocycles. The molecule has 0 amide bonds. The van der Waals surface area contributed by atoms with Gasteiger partial charge in [0.25, 0.3) is 0 Å². The van der Waals surface area contributed by atoms with Crippen LogP contribution in [0.4, 0.5) is 0 Å². The lowest BCUT2D eigenvalue weighted by Crippen LogP contribution is -2.21. The average molecular weight is 272 g/mol. The summed E-state index contributed by atoms with van der Waals surface area (Å²) in [7, 11) is 3.34. The molecule has 0 aliphatic carbocycles. The first-order valence-corrected chi connectivity index (χ1v) is 5.60. The third-order valence-electron chi connectivity index (χ3n) is 2.67. The summed E-state index contributed by atoms with van der Waals surface area (Å²) in [6.45, 7) is 1.94. The summed E-state index contributed by atoms with van der Waals surface area (Å²) in [5.74, 6) is 1.62. The van der Waals surface area contributed by atoms with Gasteiger partial charge < -0.3 is 9.47 Å². The maximum atomic E-state index is 5.28. The Labute approximate surface area is 98.3 Å². The number of ether oxygens (including phenoxy) is 2. The maximum absolute atomic E-state index is 5.28. The van der Waals surface area contributed by atoms with Crippen LogP contribution in [0.3, 0.4) is 0 Å². The second kappa shape index (κ2) is 4.41. The molecule has 15 heavy (non-hydrogen) atoms. The van der Waals surface area contributed by atoms with Crippen LogP contribution in [0.1, 0.15) is 11.1 Å². The summed E-state index contributed by atoms with van der Waals surface area (Å²) in [6, 6.07) is 4.13. The van der Waals surface area contributed by atoms with Crippen LogP contribution in [0.15, 0.2) is 12.1 Å². The molecule has 1 aromatic rings. The van der Waals surface area contributed by atoms with Gasteiger partial charge in [-0.2, -0.15) is 0 Å². The van der Waals surface area contributed by atoms with Crippen molar-refractivity contribution in [1.29, 1.82) is 0 Å². The molecule has 0 saturated carbocycles. The Morgan fingerprint density at radius 1 is 1.13 bits per heavy atom. The molecule has 1 aromatic carbocycles. The smallest absolute Gasteiger partial charge is 0.161 e. The van der Waals surface area contributed by atoms with E-state index in [1.54, 1.807) is 14.2 Å². The highest BCUT2D eigenvalue weighted by molar-refractivity contribution is 9.07. The van der Waals surface area contributed by atoms with Crippen molar-refractivity contribution in [1.82, 2.24) is 3.93 Å². The van der Waals surface area contributed by atoms with Gasteiger partial charge in [-0.1, -0.05) is 0 Å². The van der Waals surface area contributed by atoms with Gasteiger partial charge >= 0.3 is 0 Å². The molecular weight excluding hydrogens is 258 g/mol. The predicted molar refractivity (Wildman–Crippen MR) is 62.6 cm³/mol. The Morgan fingerprint density at radius 2 is 1.73 bits per heavy atom. The summed E-state index contributed by atoms with van der Waals surface area (Å²) in [5.41, 5.74) is 2.65. The van der Waals surface area contributed by atoms with Gasteiger partial charge in [0.1, 0.15) is 0 Å². The Balaban J connectivity index is 2.41. The van der Waals surface area contributed by atoms with E-state index in [1.165, 1.54) is 11.1 Å². The van der Waals surface area contributed by atoms with Gasteiger partial charge in [0.05, 0.1) is 14.2 Å². The third kappa shape index (κ3) is 2.11. The molecule has 82 valence electrons. The van der Waals surface area contributed by atoms with E-state index in [4.69, 9.17) is 9.47 Å². The number of fused-ring (bicyclic) bond motifs is 1. The molecule has 4 heteroatoms. The van der Waals surface area contributed by atoms with E-state index in [0.717, 1.165) is 31.0 Å². The Morgan fingerprint density at radius 3 is 2.33 bits per heavy atom. The number of benzene rings is 1. The van der Waals surface area contributed by atoms with E-state index in [1.807, 2.05) is 0 Å². The fourth-order valence-electron chi connectivity index (χ4n) is 1.85. The molecule has 0 spiro atoms. The van der Waals surface area contributed by atoms with Crippen molar-refractivity contribution in [3.8, 4) is 11.5 Å². The molecule has 0 N–H and O–H groups in total. The number of hydrogen-bond donors (Lipinski definition) is 0. The zero-order valence-corrected chi connectivity index (χ0v) is 10.5. The Bertz CT molecular complexity index is 368. The number of methoxy groups -OCH3 is 2. The summed E-state index contributed by atoms with van der Waals surface area (Å²) in [5, 5.41) is 0. The minimum absolute atomic E-state index is 0.805. The third-order valence-corrected chi connectivity index (χ3v) is 3.28. The highest BCUT2D eigenvalue weighted by Gasteiger charge is 2.17. The Kier molecular flexibility index (Phi) is 3.17. The highest BCUT2D eigenvalue weighted by Crippen LogP contribution is 2.33. The van der Waals surface area contributed by atoms with E-state index in [9.17, 15) is 0 Å². The van der Waals surface area contributed by atoms with E-state index in [0.29, 0.717) is 0 Å². The molecule has 0 aromatic heterocycles. The first-order chi connectivity index (χ1) is 7.24. The van der Waals surface area contributed by atoms with Crippen LogP contribution >= 0.6 is 16.1 Å². The lowest BCUT2D eigenvalue weighted by molar-refractivity contribution is 0.351. The van der Waals surface area contributed by atoms with Crippen LogP contribution in [0.2, 0.25) is 0 Å². The molecule has 0 radical (unpaired) electrons. The molecule has 1 aliphatic rings. The number of hydrogen-bond acceptors (Lipinski definition) is 3. The zero-order chi connectivity index (χ0) is 10.8. The fraction of sp³-hybridized carbons (Fsp3) is 0.455. The van der Waals surface area contributed by atoms with Crippen molar-refractivity contribution in [3.63, 3.8) is 0 Å². The van der Waals surface area contributed by atoms with Crippen LogP contribution in [0, 0.1) is 0 Å².